The van der Waals surface area contributed by atoms with Crippen molar-refractivity contribution in [3.63, 3.8) is 0 Å². The molecule has 2 aromatic carbocycles. The highest BCUT2D eigenvalue weighted by molar-refractivity contribution is 5.82. The van der Waals surface area contributed by atoms with Gasteiger partial charge in [-0.2, -0.15) is 0 Å². The van der Waals surface area contributed by atoms with Gasteiger partial charge in [0, 0.05) is 42.2 Å². The highest BCUT2D eigenvalue weighted by Crippen LogP contribution is 2.40. The van der Waals surface area contributed by atoms with Crippen molar-refractivity contribution in [1.82, 2.24) is 10.6 Å². The lowest BCUT2D eigenvalue weighted by Gasteiger charge is -2.32. The Kier molecular flexibility index (Phi) is 20.3. The van der Waals surface area contributed by atoms with E-state index in [-0.39, 0.29) is 64.3 Å². The largest absolute Gasteiger partial charge is 0.493 e. The number of nitro benzene ring substituents is 2. The Labute approximate surface area is 358 Å². The van der Waals surface area contributed by atoms with Crippen molar-refractivity contribution in [3.8, 4) is 23.0 Å². The van der Waals surface area contributed by atoms with E-state index in [0.717, 1.165) is 30.0 Å². The fourth-order valence-electron chi connectivity index (χ4n) is 6.04. The molecule has 336 valence electrons. The summed E-state index contributed by atoms with van der Waals surface area (Å²) in [5.74, 6) is -0.467. The van der Waals surface area contributed by atoms with Gasteiger partial charge in [0.2, 0.25) is 0 Å². The minimum atomic E-state index is -0.910. The van der Waals surface area contributed by atoms with Gasteiger partial charge < -0.3 is 43.8 Å². The van der Waals surface area contributed by atoms with E-state index < -0.39 is 39.6 Å². The lowest BCUT2D eigenvalue weighted by atomic mass is 9.99. The van der Waals surface area contributed by atoms with Gasteiger partial charge in [0.05, 0.1) is 66.1 Å². The third-order valence-corrected chi connectivity index (χ3v) is 9.41. The first kappa shape index (κ1) is 51.0. The van der Waals surface area contributed by atoms with Crippen molar-refractivity contribution in [2.24, 2.45) is 0 Å². The molecule has 0 aliphatic rings. The van der Waals surface area contributed by atoms with Crippen LogP contribution in [-0.4, -0.2) is 73.5 Å². The first-order valence-electron chi connectivity index (χ1n) is 19.8. The first-order chi connectivity index (χ1) is 28.7. The van der Waals surface area contributed by atoms with Crippen LogP contribution < -0.4 is 29.6 Å². The average Bonchev–Trinajstić information content (AvgIpc) is 3.19. The van der Waals surface area contributed by atoms with Gasteiger partial charge in [-0.3, -0.25) is 20.2 Å². The Balaban J connectivity index is 1.76. The van der Waals surface area contributed by atoms with Gasteiger partial charge in [-0.25, -0.2) is 9.59 Å². The molecule has 0 aliphatic carbocycles. The third kappa shape index (κ3) is 17.2. The summed E-state index contributed by atoms with van der Waals surface area (Å²) < 4.78 is 39.1. The zero-order chi connectivity index (χ0) is 45.9. The Morgan fingerprint density at radius 1 is 0.721 bits per heavy atom. The number of hydrogen-bond donors (Lipinski definition) is 2. The number of carbonyl (C=O) groups excluding carboxylic acids is 2. The van der Waals surface area contributed by atoms with Crippen LogP contribution in [0.1, 0.15) is 103 Å². The second kappa shape index (κ2) is 24.2. The predicted octanol–water partition coefficient (Wildman–Crippen LogP) is 8.68. The molecule has 2 N–H and O–H groups in total. The van der Waals surface area contributed by atoms with E-state index in [0.29, 0.717) is 45.3 Å². The summed E-state index contributed by atoms with van der Waals surface area (Å²) in [6.07, 6.45) is 3.94. The molecule has 0 heterocycles. The standard InChI is InChI=1S/C44H62N4O13/c1-13-41(49)60-31(5)33-25-37(55-11)39(27-35(33)47(51)52)57-22-15-17-29(3)45-21-19-44(9,10)59-24-20-43(7,8)46-30(4)18-16-23-58-40-28-36(48(53)54)34(26-38(40)56-12)32(6)61-42(50)14-2/h13-14,25-28,31-32,45-46H,1-4,15-24H2,5-12H3. The Bertz CT molecular complexity index is 1890. The van der Waals surface area contributed by atoms with E-state index in [1.165, 1.54) is 52.3 Å². The third-order valence-electron chi connectivity index (χ3n) is 9.41. The molecule has 2 rings (SSSR count). The van der Waals surface area contributed by atoms with Crippen molar-refractivity contribution in [2.45, 2.75) is 103 Å². The molecular weight excluding hydrogens is 792 g/mol. The lowest BCUT2D eigenvalue weighted by Crippen LogP contribution is -2.40. The SMILES string of the molecule is C=CC(=O)OC(C)c1cc(OC)c(OCCCC(=C)NCCC(C)(C)OCCC(C)(C)NC(=C)CCCOc2cc([N+](=O)[O-])c(C(C)OC(=O)C=C)cc2OC)cc1[N+](=O)[O-]. The van der Waals surface area contributed by atoms with Gasteiger partial charge in [-0.05, 0) is 92.2 Å². The molecule has 17 heteroatoms. The van der Waals surface area contributed by atoms with Crippen LogP contribution in [0.25, 0.3) is 0 Å². The van der Waals surface area contributed by atoms with Crippen LogP contribution in [0.3, 0.4) is 0 Å². The summed E-state index contributed by atoms with van der Waals surface area (Å²) in [7, 11) is 2.84. The number of carbonyl (C=O) groups is 2. The van der Waals surface area contributed by atoms with E-state index in [1.54, 1.807) is 0 Å². The number of benzene rings is 2. The number of methoxy groups -OCH3 is 2. The molecule has 0 aromatic heterocycles. The minimum absolute atomic E-state index is 0.165. The van der Waals surface area contributed by atoms with Crippen molar-refractivity contribution >= 4 is 23.3 Å². The van der Waals surface area contributed by atoms with Crippen molar-refractivity contribution in [3.05, 3.63) is 105 Å². The molecule has 61 heavy (non-hydrogen) atoms. The maximum Gasteiger partial charge on any atom is 0.330 e. The number of rotatable bonds is 30. The smallest absolute Gasteiger partial charge is 0.330 e. The van der Waals surface area contributed by atoms with Crippen LogP contribution in [0.5, 0.6) is 23.0 Å². The Morgan fingerprint density at radius 3 is 1.57 bits per heavy atom. The second-order valence-corrected chi connectivity index (χ2v) is 15.4. The lowest BCUT2D eigenvalue weighted by molar-refractivity contribution is -0.386. The van der Waals surface area contributed by atoms with Crippen molar-refractivity contribution < 1.29 is 52.6 Å². The topological polar surface area (TPSA) is 209 Å². The average molecular weight is 855 g/mol. The molecular formula is C44H62N4O13. The number of allylic oxidation sites excluding steroid dienone is 2. The minimum Gasteiger partial charge on any atom is -0.493 e. The van der Waals surface area contributed by atoms with Gasteiger partial charge in [0.25, 0.3) is 11.4 Å². The summed E-state index contributed by atoms with van der Waals surface area (Å²) in [6.45, 7) is 27.9. The fourth-order valence-corrected chi connectivity index (χ4v) is 6.04. The summed E-state index contributed by atoms with van der Waals surface area (Å²) in [5.41, 5.74) is 0.703. The van der Waals surface area contributed by atoms with Crippen molar-refractivity contribution in [1.29, 1.82) is 0 Å². The van der Waals surface area contributed by atoms with Gasteiger partial charge in [-0.1, -0.05) is 26.3 Å². The zero-order valence-corrected chi connectivity index (χ0v) is 36.7. The normalized spacial score (nSPS) is 12.2. The molecule has 0 saturated heterocycles. The van der Waals surface area contributed by atoms with Crippen molar-refractivity contribution in [2.75, 3.05) is 40.6 Å². The van der Waals surface area contributed by atoms with Crippen LogP contribution in [0.2, 0.25) is 0 Å². The maximum atomic E-state index is 11.8. The molecule has 2 atom stereocenters. The molecule has 17 nitrogen and oxygen atoms in total. The molecule has 0 amide bonds. The number of esters is 2. The van der Waals surface area contributed by atoms with Gasteiger partial charge >= 0.3 is 11.9 Å². The second-order valence-electron chi connectivity index (χ2n) is 15.4. The molecule has 2 aromatic rings. The number of ether oxygens (including phenoxy) is 7. The quantitative estimate of drug-likeness (QED) is 0.0248. The predicted molar refractivity (Wildman–Crippen MR) is 231 cm³/mol. The Hall–Kier alpha value is -6.10. The molecule has 0 radical (unpaired) electrons. The highest BCUT2D eigenvalue weighted by atomic mass is 16.6. The summed E-state index contributed by atoms with van der Waals surface area (Å²) in [6, 6.07) is 5.41. The van der Waals surface area contributed by atoms with Gasteiger partial charge in [0.15, 0.2) is 23.0 Å². The van der Waals surface area contributed by atoms with E-state index in [4.69, 9.17) is 33.2 Å². The van der Waals surface area contributed by atoms with Crippen LogP contribution in [0.15, 0.2) is 74.1 Å². The molecule has 2 unspecified atom stereocenters. The molecule has 0 saturated carbocycles. The van der Waals surface area contributed by atoms with Crippen LogP contribution in [0, 0.1) is 20.2 Å². The zero-order valence-electron chi connectivity index (χ0n) is 36.7. The van der Waals surface area contributed by atoms with Crippen LogP contribution >= 0.6 is 0 Å². The first-order valence-corrected chi connectivity index (χ1v) is 19.8. The van der Waals surface area contributed by atoms with Gasteiger partial charge in [0.1, 0.15) is 12.2 Å². The summed E-state index contributed by atoms with van der Waals surface area (Å²) >= 11 is 0. The number of nitro groups is 2. The van der Waals surface area contributed by atoms with Gasteiger partial charge in [-0.15, -0.1) is 0 Å². The van der Waals surface area contributed by atoms with E-state index in [2.05, 4.69) is 50.8 Å². The maximum absolute atomic E-state index is 11.8. The highest BCUT2D eigenvalue weighted by Gasteiger charge is 2.28. The molecule has 0 bridgehead atoms. The van der Waals surface area contributed by atoms with E-state index >= 15 is 0 Å². The summed E-state index contributed by atoms with van der Waals surface area (Å²) in [4.78, 5) is 45.8. The number of nitrogens with one attached hydrogen (secondary N) is 2. The van der Waals surface area contributed by atoms with Crippen LogP contribution in [0.4, 0.5) is 11.4 Å². The van der Waals surface area contributed by atoms with E-state index in [9.17, 15) is 29.8 Å². The number of hydrogen-bond acceptors (Lipinski definition) is 15. The summed E-state index contributed by atoms with van der Waals surface area (Å²) in [5, 5.41) is 30.4. The molecule has 0 fully saturated rings. The molecule has 0 aliphatic heterocycles. The van der Waals surface area contributed by atoms with E-state index in [1.807, 2.05) is 13.8 Å². The monoisotopic (exact) mass is 854 g/mol. The van der Waals surface area contributed by atoms with Crippen LogP contribution in [-0.2, 0) is 23.8 Å². The number of nitrogens with zero attached hydrogens (tertiary/aromatic N) is 2. The fraction of sp³-hybridized carbons (Fsp3) is 0.500. The molecule has 0 spiro atoms. The Morgan fingerprint density at radius 2 is 1.16 bits per heavy atom.